The van der Waals surface area contributed by atoms with Gasteiger partial charge in [0.1, 0.15) is 18.2 Å². The lowest BCUT2D eigenvalue weighted by atomic mass is 9.99. The molecule has 0 saturated heterocycles. The molecule has 108 valence electrons. The molecule has 4 heteroatoms. The SMILES string of the molecule is C=CCOc1cccc2c1C(Cl)c1cccc(F)c1SC2. The van der Waals surface area contributed by atoms with Gasteiger partial charge in [0, 0.05) is 16.2 Å². The van der Waals surface area contributed by atoms with Gasteiger partial charge in [-0.05, 0) is 23.3 Å². The van der Waals surface area contributed by atoms with Crippen LogP contribution in [0.3, 0.4) is 0 Å². The minimum absolute atomic E-state index is 0.218. The second-order valence-electron chi connectivity index (χ2n) is 4.74. The van der Waals surface area contributed by atoms with E-state index >= 15 is 0 Å². The van der Waals surface area contributed by atoms with Gasteiger partial charge in [0.25, 0.3) is 0 Å². The summed E-state index contributed by atoms with van der Waals surface area (Å²) in [4.78, 5) is 0.628. The second kappa shape index (κ2) is 6.12. The van der Waals surface area contributed by atoms with Gasteiger partial charge in [0.15, 0.2) is 0 Å². The predicted octanol–water partition coefficient (Wildman–Crippen LogP) is 5.32. The lowest BCUT2D eigenvalue weighted by molar-refractivity contribution is 0.359. The summed E-state index contributed by atoms with van der Waals surface area (Å²) in [7, 11) is 0. The maximum Gasteiger partial charge on any atom is 0.137 e. The molecule has 0 aromatic heterocycles. The van der Waals surface area contributed by atoms with Crippen LogP contribution >= 0.6 is 23.4 Å². The first-order valence-corrected chi connectivity index (χ1v) is 8.05. The highest BCUT2D eigenvalue weighted by atomic mass is 35.5. The lowest BCUT2D eigenvalue weighted by Crippen LogP contribution is -2.03. The van der Waals surface area contributed by atoms with Crippen molar-refractivity contribution in [3.63, 3.8) is 0 Å². The van der Waals surface area contributed by atoms with E-state index in [0.717, 1.165) is 22.4 Å². The maximum atomic E-state index is 14.0. The average Bonchev–Trinajstić information content (AvgIpc) is 2.64. The lowest BCUT2D eigenvalue weighted by Gasteiger charge is -2.17. The van der Waals surface area contributed by atoms with Crippen LogP contribution in [-0.2, 0) is 5.75 Å². The standard InChI is InChI=1S/C17H14ClFOS/c1-2-9-20-14-8-3-5-11-10-21-17-12(16(18)15(11)14)6-4-7-13(17)19/h2-8,16H,1,9-10H2. The molecule has 3 rings (SSSR count). The summed E-state index contributed by atoms with van der Waals surface area (Å²) in [6, 6.07) is 10.9. The smallest absolute Gasteiger partial charge is 0.137 e. The summed E-state index contributed by atoms with van der Waals surface area (Å²) in [6.07, 6.45) is 1.70. The molecule has 0 amide bonds. The number of hydrogen-bond donors (Lipinski definition) is 0. The molecule has 0 aliphatic carbocycles. The number of alkyl halides is 1. The Bertz CT molecular complexity index is 686. The molecule has 0 bridgehead atoms. The normalized spacial score (nSPS) is 16.6. The molecule has 1 atom stereocenters. The van der Waals surface area contributed by atoms with Gasteiger partial charge in [-0.25, -0.2) is 4.39 Å². The van der Waals surface area contributed by atoms with E-state index in [1.54, 1.807) is 12.1 Å². The molecule has 0 fully saturated rings. The molecule has 2 aromatic rings. The Morgan fingerprint density at radius 1 is 1.33 bits per heavy atom. The van der Waals surface area contributed by atoms with Crippen LogP contribution in [-0.4, -0.2) is 6.61 Å². The molecule has 1 heterocycles. The quantitative estimate of drug-likeness (QED) is 0.559. The molecule has 1 nitrogen and oxygen atoms in total. The topological polar surface area (TPSA) is 9.23 Å². The molecule has 0 spiro atoms. The molecule has 2 aromatic carbocycles. The van der Waals surface area contributed by atoms with Crippen molar-refractivity contribution in [3.05, 3.63) is 71.6 Å². The van der Waals surface area contributed by atoms with E-state index in [1.165, 1.54) is 17.8 Å². The summed E-state index contributed by atoms with van der Waals surface area (Å²) < 4.78 is 19.7. The Kier molecular flexibility index (Phi) is 4.22. The summed E-state index contributed by atoms with van der Waals surface area (Å²) in [5, 5.41) is -0.415. The Labute approximate surface area is 132 Å². The van der Waals surface area contributed by atoms with Gasteiger partial charge < -0.3 is 4.74 Å². The fourth-order valence-corrected chi connectivity index (χ4v) is 4.06. The van der Waals surface area contributed by atoms with E-state index < -0.39 is 5.38 Å². The number of rotatable bonds is 3. The van der Waals surface area contributed by atoms with Gasteiger partial charge in [0.2, 0.25) is 0 Å². The third kappa shape index (κ3) is 2.68. The third-order valence-corrected chi connectivity index (χ3v) is 5.04. The monoisotopic (exact) mass is 320 g/mol. The first-order valence-electron chi connectivity index (χ1n) is 6.63. The number of thioether (sulfide) groups is 1. The summed E-state index contributed by atoms with van der Waals surface area (Å²) in [5.41, 5.74) is 2.81. The minimum Gasteiger partial charge on any atom is -0.489 e. The zero-order valence-corrected chi connectivity index (χ0v) is 12.9. The molecular formula is C17H14ClFOS. The van der Waals surface area contributed by atoms with Crippen molar-refractivity contribution in [2.24, 2.45) is 0 Å². The van der Waals surface area contributed by atoms with Crippen molar-refractivity contribution >= 4 is 23.4 Å². The fourth-order valence-electron chi connectivity index (χ4n) is 2.46. The largest absolute Gasteiger partial charge is 0.489 e. The van der Waals surface area contributed by atoms with Gasteiger partial charge >= 0.3 is 0 Å². The molecule has 1 unspecified atom stereocenters. The number of ether oxygens (including phenoxy) is 1. The first kappa shape index (κ1) is 14.5. The van der Waals surface area contributed by atoms with Crippen LogP contribution in [0.15, 0.2) is 53.9 Å². The fraction of sp³-hybridized carbons (Fsp3) is 0.176. The second-order valence-corrected chi connectivity index (χ2v) is 6.16. The van der Waals surface area contributed by atoms with Crippen LogP contribution in [0.5, 0.6) is 5.75 Å². The van der Waals surface area contributed by atoms with E-state index in [1.807, 2.05) is 24.3 Å². The van der Waals surface area contributed by atoms with Crippen molar-refractivity contribution in [2.75, 3.05) is 6.61 Å². The van der Waals surface area contributed by atoms with Gasteiger partial charge in [-0.1, -0.05) is 36.9 Å². The number of hydrogen-bond acceptors (Lipinski definition) is 2. The molecule has 0 saturated carbocycles. The number of benzene rings is 2. The van der Waals surface area contributed by atoms with Gasteiger partial charge in [-0.3, -0.25) is 0 Å². The minimum atomic E-state index is -0.415. The Balaban J connectivity index is 2.12. The van der Waals surface area contributed by atoms with Crippen LogP contribution in [0.1, 0.15) is 22.1 Å². The Morgan fingerprint density at radius 3 is 2.95 bits per heavy atom. The van der Waals surface area contributed by atoms with E-state index in [4.69, 9.17) is 16.3 Å². The van der Waals surface area contributed by atoms with E-state index in [2.05, 4.69) is 6.58 Å². The van der Waals surface area contributed by atoms with Crippen molar-refractivity contribution in [3.8, 4) is 5.75 Å². The molecular weight excluding hydrogens is 307 g/mol. The molecule has 1 aliphatic rings. The first-order chi connectivity index (χ1) is 10.2. The van der Waals surface area contributed by atoms with E-state index in [9.17, 15) is 4.39 Å². The highest BCUT2D eigenvalue weighted by Gasteiger charge is 2.27. The van der Waals surface area contributed by atoms with Crippen LogP contribution < -0.4 is 4.74 Å². The molecule has 21 heavy (non-hydrogen) atoms. The van der Waals surface area contributed by atoms with Crippen molar-refractivity contribution in [1.82, 2.24) is 0 Å². The van der Waals surface area contributed by atoms with Gasteiger partial charge in [-0.2, -0.15) is 0 Å². The van der Waals surface area contributed by atoms with Crippen molar-refractivity contribution < 1.29 is 9.13 Å². The maximum absolute atomic E-state index is 14.0. The molecule has 0 radical (unpaired) electrons. The average molecular weight is 321 g/mol. The Morgan fingerprint density at radius 2 is 2.14 bits per heavy atom. The van der Waals surface area contributed by atoms with Gasteiger partial charge in [-0.15, -0.1) is 23.4 Å². The molecule has 1 aliphatic heterocycles. The van der Waals surface area contributed by atoms with Crippen LogP contribution in [0.4, 0.5) is 4.39 Å². The van der Waals surface area contributed by atoms with Crippen LogP contribution in [0, 0.1) is 5.82 Å². The predicted molar refractivity (Wildman–Crippen MR) is 85.8 cm³/mol. The number of halogens is 2. The molecule has 0 N–H and O–H groups in total. The summed E-state index contributed by atoms with van der Waals surface area (Å²) in [5.74, 6) is 1.20. The zero-order valence-electron chi connectivity index (χ0n) is 11.3. The highest BCUT2D eigenvalue weighted by Crippen LogP contribution is 2.46. The van der Waals surface area contributed by atoms with E-state index in [-0.39, 0.29) is 5.82 Å². The van der Waals surface area contributed by atoms with Crippen molar-refractivity contribution in [1.29, 1.82) is 0 Å². The third-order valence-electron chi connectivity index (χ3n) is 3.41. The van der Waals surface area contributed by atoms with E-state index in [0.29, 0.717) is 17.3 Å². The van der Waals surface area contributed by atoms with Crippen LogP contribution in [0.2, 0.25) is 0 Å². The van der Waals surface area contributed by atoms with Crippen molar-refractivity contribution in [2.45, 2.75) is 16.0 Å². The van der Waals surface area contributed by atoms with Gasteiger partial charge in [0.05, 0.1) is 5.38 Å². The highest BCUT2D eigenvalue weighted by molar-refractivity contribution is 7.98. The zero-order chi connectivity index (χ0) is 14.8. The Hall–Kier alpha value is -1.45. The summed E-state index contributed by atoms with van der Waals surface area (Å²) in [6.45, 7) is 4.08. The summed E-state index contributed by atoms with van der Waals surface area (Å²) >= 11 is 8.13. The number of fused-ring (bicyclic) bond motifs is 2. The van der Waals surface area contributed by atoms with Crippen LogP contribution in [0.25, 0.3) is 0 Å².